The Labute approximate surface area is 251 Å². The Balaban J connectivity index is 1.34. The van der Waals surface area contributed by atoms with E-state index < -0.39 is 7.75 Å². The summed E-state index contributed by atoms with van der Waals surface area (Å²) in [6.45, 7) is 4.69. The maximum atomic E-state index is 13.8. The average Bonchev–Trinajstić information content (AvgIpc) is 3.02. The van der Waals surface area contributed by atoms with E-state index in [4.69, 9.17) is 24.5 Å². The molecule has 0 unspecified atom stereocenters. The Bertz CT molecular complexity index is 1530. The molecule has 0 bridgehead atoms. The van der Waals surface area contributed by atoms with Gasteiger partial charge in [-0.05, 0) is 36.8 Å². The highest BCUT2D eigenvalue weighted by Gasteiger charge is 2.30. The van der Waals surface area contributed by atoms with E-state index in [9.17, 15) is 4.57 Å². The first-order valence-corrected chi connectivity index (χ1v) is 15.4. The van der Waals surface area contributed by atoms with E-state index in [-0.39, 0.29) is 12.5 Å². The molecule has 43 heavy (non-hydrogen) atoms. The summed E-state index contributed by atoms with van der Waals surface area (Å²) in [6.07, 6.45) is 2.50. The molecule has 0 radical (unpaired) electrons. The minimum atomic E-state index is -4.02. The number of aliphatic imine (C=N–C) groups is 2. The molecule has 1 aromatic heterocycles. The molecule has 1 saturated heterocycles. The molecular weight excluding hydrogens is 565 g/mol. The Kier molecular flexibility index (Phi) is 9.99. The normalized spacial score (nSPS) is 14.1. The fourth-order valence-corrected chi connectivity index (χ4v) is 5.44. The van der Waals surface area contributed by atoms with Gasteiger partial charge in [0.25, 0.3) is 0 Å². The van der Waals surface area contributed by atoms with Crippen LogP contribution in [0.5, 0.6) is 11.5 Å². The first-order chi connectivity index (χ1) is 20.9. The molecule has 1 fully saturated rings. The second kappa shape index (κ2) is 14.4. The van der Waals surface area contributed by atoms with Crippen molar-refractivity contribution in [2.24, 2.45) is 15.7 Å². The number of nitrogens with one attached hydrogen (secondary N) is 1. The summed E-state index contributed by atoms with van der Waals surface area (Å²) in [5.74, 6) is 2.17. The number of rotatable bonds is 11. The van der Waals surface area contributed by atoms with E-state index in [1.807, 2.05) is 24.4 Å². The van der Waals surface area contributed by atoms with Crippen LogP contribution in [-0.4, -0.2) is 48.4 Å². The predicted octanol–water partition coefficient (Wildman–Crippen LogP) is 5.24. The summed E-state index contributed by atoms with van der Waals surface area (Å²) in [5, 5.41) is 2.64. The van der Waals surface area contributed by atoms with E-state index in [2.05, 4.69) is 56.1 Å². The third-order valence-corrected chi connectivity index (χ3v) is 7.74. The highest BCUT2D eigenvalue weighted by molar-refractivity contribution is 7.53. The molecule has 11 nitrogen and oxygen atoms in total. The van der Waals surface area contributed by atoms with Gasteiger partial charge in [-0.2, -0.15) is 0 Å². The topological polar surface area (TPSA) is 137 Å². The Morgan fingerprint density at radius 1 is 0.977 bits per heavy atom. The van der Waals surface area contributed by atoms with Crippen LogP contribution in [0.3, 0.4) is 0 Å². The highest BCUT2D eigenvalue weighted by atomic mass is 31.2. The van der Waals surface area contributed by atoms with Crippen LogP contribution in [0.1, 0.15) is 17.0 Å². The van der Waals surface area contributed by atoms with Gasteiger partial charge in [-0.15, -0.1) is 0 Å². The third kappa shape index (κ3) is 9.13. The number of para-hydroxylation sites is 2. The lowest BCUT2D eigenvalue weighted by Crippen LogP contribution is -2.37. The van der Waals surface area contributed by atoms with Crippen molar-refractivity contribution in [3.05, 3.63) is 108 Å². The van der Waals surface area contributed by atoms with Crippen LogP contribution in [0.25, 0.3) is 0 Å². The van der Waals surface area contributed by atoms with E-state index in [1.165, 1.54) is 5.56 Å². The molecule has 2 heterocycles. The van der Waals surface area contributed by atoms with Crippen molar-refractivity contribution in [2.75, 3.05) is 31.2 Å². The summed E-state index contributed by atoms with van der Waals surface area (Å²) in [7, 11) is -4.02. The lowest BCUT2D eigenvalue weighted by Gasteiger charge is -2.28. The van der Waals surface area contributed by atoms with Gasteiger partial charge in [0, 0.05) is 31.8 Å². The zero-order chi connectivity index (χ0) is 29.9. The number of benzene rings is 3. The molecule has 4 aromatic rings. The Morgan fingerprint density at radius 3 is 2.23 bits per heavy atom. The second-order valence-electron chi connectivity index (χ2n) is 9.72. The van der Waals surface area contributed by atoms with Crippen molar-refractivity contribution < 1.29 is 18.3 Å². The van der Waals surface area contributed by atoms with Gasteiger partial charge < -0.3 is 24.4 Å². The maximum absolute atomic E-state index is 13.8. The molecule has 0 amide bonds. The van der Waals surface area contributed by atoms with Crippen LogP contribution in [0, 0.1) is 6.92 Å². The number of aryl methyl sites for hydroxylation is 1. The summed E-state index contributed by atoms with van der Waals surface area (Å²) in [6, 6.07) is 27.5. The lowest BCUT2D eigenvalue weighted by atomic mass is 10.1. The van der Waals surface area contributed by atoms with Gasteiger partial charge in [0.15, 0.2) is 17.6 Å². The highest BCUT2D eigenvalue weighted by Crippen LogP contribution is 2.44. The third-order valence-electron chi connectivity index (χ3n) is 6.33. The van der Waals surface area contributed by atoms with Crippen molar-refractivity contribution in [3.63, 3.8) is 0 Å². The summed E-state index contributed by atoms with van der Waals surface area (Å²) in [5.41, 5.74) is 8.55. The van der Waals surface area contributed by atoms with Gasteiger partial charge in [0.1, 0.15) is 23.9 Å². The monoisotopic (exact) mass is 599 g/mol. The number of ether oxygens (including phenoxy) is 1. The van der Waals surface area contributed by atoms with E-state index in [0.29, 0.717) is 55.9 Å². The van der Waals surface area contributed by atoms with Crippen LogP contribution < -0.4 is 24.8 Å². The van der Waals surface area contributed by atoms with Crippen molar-refractivity contribution in [1.29, 1.82) is 0 Å². The maximum Gasteiger partial charge on any atom is 0.544 e. The molecule has 3 N–H and O–H groups in total. The summed E-state index contributed by atoms with van der Waals surface area (Å²) in [4.78, 5) is 20.4. The molecule has 12 heteroatoms. The van der Waals surface area contributed by atoms with Crippen LogP contribution in [0.4, 0.5) is 11.6 Å². The number of guanidine groups is 1. The number of hydrogen-bond acceptors (Lipinski definition) is 9. The quantitative estimate of drug-likeness (QED) is 0.135. The van der Waals surface area contributed by atoms with Gasteiger partial charge in [-0.25, -0.2) is 29.6 Å². The molecule has 1 aliphatic rings. The van der Waals surface area contributed by atoms with Gasteiger partial charge >= 0.3 is 7.75 Å². The first-order valence-electron chi connectivity index (χ1n) is 13.9. The predicted molar refractivity (Wildman–Crippen MR) is 168 cm³/mol. The fourth-order valence-electron chi connectivity index (χ4n) is 4.17. The summed E-state index contributed by atoms with van der Waals surface area (Å²) < 4.78 is 30.7. The van der Waals surface area contributed by atoms with E-state index in [1.54, 1.807) is 48.5 Å². The number of hydrogen-bond donors (Lipinski definition) is 2. The van der Waals surface area contributed by atoms with Gasteiger partial charge in [-0.1, -0.05) is 66.2 Å². The van der Waals surface area contributed by atoms with Gasteiger partial charge in [0.2, 0.25) is 0 Å². The van der Waals surface area contributed by atoms with Crippen LogP contribution in [0.2, 0.25) is 0 Å². The number of anilines is 1. The standard InChI is InChI=1S/C31H34N7O4P/c1-24-12-14-25(15-13-24)16-17-33-28-22-30(38-18-20-40-21-19-38)36-29(35-28)23-34-31(32)37-43(39,41-26-8-4-2-5-9-26)42-27-10-6-3-7-11-27/h2-15,17,22H,16,18-21,23H2,1H3,(H3,32,34,37,39). The zero-order valence-electron chi connectivity index (χ0n) is 23.9. The molecule has 0 atom stereocenters. The van der Waals surface area contributed by atoms with E-state index in [0.717, 1.165) is 11.4 Å². The van der Waals surface area contributed by atoms with Crippen LogP contribution in [0.15, 0.2) is 101 Å². The number of nitrogens with zero attached hydrogens (tertiary/aromatic N) is 5. The van der Waals surface area contributed by atoms with Crippen molar-refractivity contribution in [2.45, 2.75) is 19.9 Å². The van der Waals surface area contributed by atoms with Crippen LogP contribution in [-0.2, 0) is 22.3 Å². The van der Waals surface area contributed by atoms with E-state index >= 15 is 0 Å². The lowest BCUT2D eigenvalue weighted by molar-refractivity contribution is 0.122. The smallest absolute Gasteiger partial charge is 0.400 e. The summed E-state index contributed by atoms with van der Waals surface area (Å²) >= 11 is 0. The minimum Gasteiger partial charge on any atom is -0.400 e. The average molecular weight is 600 g/mol. The van der Waals surface area contributed by atoms with Crippen molar-refractivity contribution in [1.82, 2.24) is 15.1 Å². The molecule has 1 aliphatic heterocycles. The molecule has 0 spiro atoms. The first kappa shape index (κ1) is 29.8. The van der Waals surface area contributed by atoms with Crippen molar-refractivity contribution in [3.8, 4) is 11.5 Å². The van der Waals surface area contributed by atoms with Gasteiger partial charge in [-0.3, -0.25) is 0 Å². The number of morpholine rings is 1. The number of aromatic nitrogens is 2. The fraction of sp³-hybridized carbons (Fsp3) is 0.226. The zero-order valence-corrected chi connectivity index (χ0v) is 24.8. The molecule has 222 valence electrons. The SMILES string of the molecule is Cc1ccc(CC=Nc2cc(N3CCOCC3)nc(CN=C(N)NP(=O)(Oc3ccccc3)Oc3ccccc3)n2)cc1. The van der Waals surface area contributed by atoms with Crippen LogP contribution >= 0.6 is 7.75 Å². The van der Waals surface area contributed by atoms with Crippen molar-refractivity contribution >= 4 is 31.6 Å². The largest absolute Gasteiger partial charge is 0.544 e. The minimum absolute atomic E-state index is 0.00810. The Hall–Kier alpha value is -4.73. The number of nitrogens with two attached hydrogens (primary N) is 1. The molecule has 0 saturated carbocycles. The molecule has 3 aromatic carbocycles. The molecule has 5 rings (SSSR count). The molecule has 0 aliphatic carbocycles. The molecular formula is C31H34N7O4P. The Morgan fingerprint density at radius 2 is 1.60 bits per heavy atom. The van der Waals surface area contributed by atoms with Gasteiger partial charge in [0.05, 0.1) is 13.2 Å². The second-order valence-corrected chi connectivity index (χ2v) is 11.3.